The Labute approximate surface area is 149 Å². The molecule has 0 aromatic heterocycles. The molecule has 1 fully saturated rings. The molecular formula is C19H18BrNO3. The Balaban J connectivity index is 1.79. The molecule has 1 saturated carbocycles. The number of carbonyl (C=O) groups is 2. The number of ether oxygens (including phenoxy) is 1. The molecule has 124 valence electrons. The number of carbonyl (C=O) groups excluding carboxylic acids is 2. The minimum atomic E-state index is -0.209. The minimum absolute atomic E-state index is 0.0687. The van der Waals surface area contributed by atoms with Crippen LogP contribution in [0.25, 0.3) is 0 Å². The van der Waals surface area contributed by atoms with Gasteiger partial charge in [-0.25, -0.2) is 0 Å². The third-order valence-electron chi connectivity index (χ3n) is 4.32. The average molecular weight is 388 g/mol. The van der Waals surface area contributed by atoms with Gasteiger partial charge >= 0.3 is 5.97 Å². The molecular weight excluding hydrogens is 370 g/mol. The van der Waals surface area contributed by atoms with Crippen molar-refractivity contribution < 1.29 is 14.3 Å². The van der Waals surface area contributed by atoms with Crippen LogP contribution in [0.5, 0.6) is 0 Å². The van der Waals surface area contributed by atoms with Crippen LogP contribution in [0.3, 0.4) is 0 Å². The van der Waals surface area contributed by atoms with Gasteiger partial charge in [0.25, 0.3) is 5.91 Å². The second-order valence-electron chi connectivity index (χ2n) is 5.90. The van der Waals surface area contributed by atoms with Crippen molar-refractivity contribution in [3.63, 3.8) is 0 Å². The van der Waals surface area contributed by atoms with Gasteiger partial charge in [0.2, 0.25) is 0 Å². The van der Waals surface area contributed by atoms with E-state index in [1.807, 2.05) is 42.5 Å². The zero-order chi connectivity index (χ0) is 17.1. The number of rotatable bonds is 5. The third-order valence-corrected chi connectivity index (χ3v) is 4.85. The fourth-order valence-electron chi connectivity index (χ4n) is 2.93. The number of hydrogen-bond acceptors (Lipinski definition) is 3. The van der Waals surface area contributed by atoms with Crippen molar-refractivity contribution in [3.8, 4) is 0 Å². The van der Waals surface area contributed by atoms with E-state index in [2.05, 4.69) is 21.2 Å². The van der Waals surface area contributed by atoms with Crippen LogP contribution in [0.15, 0.2) is 59.1 Å². The molecule has 0 aliphatic heterocycles. The molecule has 2 aromatic rings. The number of esters is 1. The van der Waals surface area contributed by atoms with Gasteiger partial charge in [0.05, 0.1) is 19.1 Å². The van der Waals surface area contributed by atoms with Gasteiger partial charge in [0, 0.05) is 10.0 Å². The van der Waals surface area contributed by atoms with E-state index in [4.69, 9.17) is 4.74 Å². The third kappa shape index (κ3) is 3.67. The van der Waals surface area contributed by atoms with Crippen molar-refractivity contribution in [2.75, 3.05) is 7.11 Å². The highest BCUT2D eigenvalue weighted by Crippen LogP contribution is 2.48. The van der Waals surface area contributed by atoms with Crippen molar-refractivity contribution in [2.45, 2.75) is 12.5 Å². The van der Waals surface area contributed by atoms with Crippen LogP contribution in [0, 0.1) is 11.8 Å². The van der Waals surface area contributed by atoms with Crippen molar-refractivity contribution in [1.82, 2.24) is 5.32 Å². The van der Waals surface area contributed by atoms with Crippen LogP contribution in [-0.4, -0.2) is 19.0 Å². The highest BCUT2D eigenvalue weighted by molar-refractivity contribution is 9.10. The molecule has 0 saturated heterocycles. The molecule has 0 spiro atoms. The molecule has 3 atom stereocenters. The Morgan fingerprint density at radius 2 is 1.79 bits per heavy atom. The molecule has 5 heteroatoms. The summed E-state index contributed by atoms with van der Waals surface area (Å²) >= 11 is 3.36. The lowest BCUT2D eigenvalue weighted by Gasteiger charge is -2.19. The lowest BCUT2D eigenvalue weighted by molar-refractivity contribution is -0.142. The van der Waals surface area contributed by atoms with Crippen LogP contribution in [0.1, 0.15) is 28.4 Å². The summed E-state index contributed by atoms with van der Waals surface area (Å²) < 4.78 is 5.76. The Bertz CT molecular complexity index is 730. The second-order valence-corrected chi connectivity index (χ2v) is 6.81. The van der Waals surface area contributed by atoms with Crippen LogP contribution in [0.4, 0.5) is 0 Å². The van der Waals surface area contributed by atoms with E-state index in [0.717, 1.165) is 16.5 Å². The smallest absolute Gasteiger partial charge is 0.309 e. The lowest BCUT2D eigenvalue weighted by Crippen LogP contribution is -2.30. The zero-order valence-corrected chi connectivity index (χ0v) is 14.8. The molecule has 1 amide bonds. The summed E-state index contributed by atoms with van der Waals surface area (Å²) in [5, 5.41) is 3.08. The van der Waals surface area contributed by atoms with Gasteiger partial charge in [-0.15, -0.1) is 0 Å². The molecule has 0 heterocycles. The highest BCUT2D eigenvalue weighted by Gasteiger charge is 2.49. The predicted molar refractivity (Wildman–Crippen MR) is 94.4 cm³/mol. The van der Waals surface area contributed by atoms with E-state index in [-0.39, 0.29) is 29.8 Å². The first kappa shape index (κ1) is 16.7. The van der Waals surface area contributed by atoms with Crippen molar-refractivity contribution >= 4 is 27.8 Å². The topological polar surface area (TPSA) is 55.4 Å². The molecule has 1 aliphatic rings. The van der Waals surface area contributed by atoms with Gasteiger partial charge in [-0.1, -0.05) is 46.3 Å². The monoisotopic (exact) mass is 387 g/mol. The quantitative estimate of drug-likeness (QED) is 0.795. The second kappa shape index (κ2) is 7.18. The summed E-state index contributed by atoms with van der Waals surface area (Å²) in [5.74, 6) is -0.435. The maximum Gasteiger partial charge on any atom is 0.309 e. The summed E-state index contributed by atoms with van der Waals surface area (Å²) in [6.45, 7) is 0. The van der Waals surface area contributed by atoms with E-state index in [1.54, 1.807) is 12.1 Å². The number of benzene rings is 2. The molecule has 0 unspecified atom stereocenters. The molecule has 0 bridgehead atoms. The summed E-state index contributed by atoms with van der Waals surface area (Å²) in [6.07, 6.45) is 0.729. The molecule has 0 radical (unpaired) electrons. The van der Waals surface area contributed by atoms with E-state index < -0.39 is 0 Å². The van der Waals surface area contributed by atoms with Gasteiger partial charge < -0.3 is 10.1 Å². The molecule has 1 N–H and O–H groups in total. The molecule has 24 heavy (non-hydrogen) atoms. The van der Waals surface area contributed by atoms with Gasteiger partial charge in [-0.05, 0) is 42.2 Å². The van der Waals surface area contributed by atoms with Crippen LogP contribution in [0.2, 0.25) is 0 Å². The van der Waals surface area contributed by atoms with E-state index in [0.29, 0.717) is 5.56 Å². The van der Waals surface area contributed by atoms with Gasteiger partial charge in [0.1, 0.15) is 0 Å². The first-order valence-corrected chi connectivity index (χ1v) is 8.58. The van der Waals surface area contributed by atoms with E-state index in [9.17, 15) is 9.59 Å². The van der Waals surface area contributed by atoms with Crippen molar-refractivity contribution in [3.05, 3.63) is 70.2 Å². The number of nitrogens with one attached hydrogen (secondary N) is 1. The van der Waals surface area contributed by atoms with E-state index in [1.165, 1.54) is 7.11 Å². The predicted octanol–water partition coefficient (Wildman–Crippen LogP) is 3.73. The van der Waals surface area contributed by atoms with E-state index >= 15 is 0 Å². The average Bonchev–Trinajstić information content (AvgIpc) is 3.40. The minimum Gasteiger partial charge on any atom is -0.469 e. The maximum absolute atomic E-state index is 12.6. The Morgan fingerprint density at radius 3 is 2.42 bits per heavy atom. The molecule has 1 aliphatic carbocycles. The van der Waals surface area contributed by atoms with Crippen molar-refractivity contribution in [2.24, 2.45) is 11.8 Å². The Hall–Kier alpha value is -2.14. The summed E-state index contributed by atoms with van der Waals surface area (Å²) in [7, 11) is 1.40. The summed E-state index contributed by atoms with van der Waals surface area (Å²) in [4.78, 5) is 24.3. The largest absolute Gasteiger partial charge is 0.469 e. The first-order chi connectivity index (χ1) is 11.6. The molecule has 2 aromatic carbocycles. The first-order valence-electron chi connectivity index (χ1n) is 7.79. The standard InChI is InChI=1S/C19H18BrNO3/c1-24-19(23)16-11-15(16)17(12-5-3-2-4-6-12)21-18(22)13-7-9-14(20)10-8-13/h2-10,15-17H,11H2,1H3,(H,21,22)/t15-,16-,17-/m1/s1. The summed E-state index contributed by atoms with van der Waals surface area (Å²) in [5.41, 5.74) is 1.59. The van der Waals surface area contributed by atoms with Crippen LogP contribution >= 0.6 is 15.9 Å². The summed E-state index contributed by atoms with van der Waals surface area (Å²) in [6, 6.07) is 16.7. The number of methoxy groups -OCH3 is 1. The van der Waals surface area contributed by atoms with Crippen molar-refractivity contribution in [1.29, 1.82) is 0 Å². The fraction of sp³-hybridized carbons (Fsp3) is 0.263. The zero-order valence-electron chi connectivity index (χ0n) is 13.2. The van der Waals surface area contributed by atoms with Crippen LogP contribution in [-0.2, 0) is 9.53 Å². The van der Waals surface area contributed by atoms with Gasteiger partial charge in [-0.2, -0.15) is 0 Å². The van der Waals surface area contributed by atoms with Crippen LogP contribution < -0.4 is 5.32 Å². The molecule has 3 rings (SSSR count). The Morgan fingerprint density at radius 1 is 1.12 bits per heavy atom. The fourth-order valence-corrected chi connectivity index (χ4v) is 3.19. The maximum atomic E-state index is 12.6. The Kier molecular flexibility index (Phi) is 5.00. The number of hydrogen-bond donors (Lipinski definition) is 1. The number of halogens is 1. The van der Waals surface area contributed by atoms with Gasteiger partial charge in [0.15, 0.2) is 0 Å². The lowest BCUT2D eigenvalue weighted by atomic mass is 10.0. The molecule has 4 nitrogen and oxygen atoms in total. The van der Waals surface area contributed by atoms with Gasteiger partial charge in [-0.3, -0.25) is 9.59 Å². The normalized spacial score (nSPS) is 20.1. The number of amides is 1. The SMILES string of the molecule is COC(=O)[C@@H]1C[C@H]1[C@H](NC(=O)c1ccc(Br)cc1)c1ccccc1. The highest BCUT2D eigenvalue weighted by atomic mass is 79.9.